The van der Waals surface area contributed by atoms with Crippen LogP contribution in [0.15, 0.2) is 496 Å². The fourth-order valence-electron chi connectivity index (χ4n) is 24.5. The average molecular weight is 1790 g/mol. The Balaban J connectivity index is 0.000000148. The highest BCUT2D eigenvalue weighted by atomic mass is 16.3. The number of aromatic nitrogens is 1. The maximum Gasteiger partial charge on any atom is 0.143 e. The molecule has 0 N–H and O–H groups in total. The standard InChI is InChI=1S/C76H54N2.C60H45NO/c1-75(2)66-33-18-15-31-63(66)72-60(54-42-49-70-65(50-54)62-30-17-20-36-69(62)78(70)57-28-13-6-14-29-57)47-48-61(74(72)75)53-40-45-59(46-41-53)77(58-43-38-52(39-44-58)51-22-7-3-8-23-51)71-37-21-35-68-73(71)64-32-16-19-34-67(64)76(68,55-24-9-4-10-25-55)56-26-11-5-12-27-56;1-59(2)52-22-11-8-17-47(52)48-34-33-43(37-54(48)59)61(42-31-27-40(28-32-42)46-20-14-21-50-49-18-10-13-24-55(49)62-58(46)50)41-29-25-39(26-30-41)45-36-35-44(38-15-6-5-7-16-38)56-51-19-9-12-23-53(51)60(3,4)57(45)56/h3-50H,1-2H3;5-37H,1-4H3. The summed E-state index contributed by atoms with van der Waals surface area (Å²) in [5.74, 6) is 0. The average Bonchev–Trinajstić information content (AvgIpc) is 1.53. The summed E-state index contributed by atoms with van der Waals surface area (Å²) >= 11 is 0. The van der Waals surface area contributed by atoms with Crippen molar-refractivity contribution in [1.29, 1.82) is 0 Å². The smallest absolute Gasteiger partial charge is 0.143 e. The van der Waals surface area contributed by atoms with Gasteiger partial charge in [-0.05, 0) is 259 Å². The monoisotopic (exact) mass is 1790 g/mol. The van der Waals surface area contributed by atoms with Crippen molar-refractivity contribution in [2.45, 2.75) is 63.2 Å². The fourth-order valence-corrected chi connectivity index (χ4v) is 24.5. The van der Waals surface area contributed by atoms with E-state index in [9.17, 15) is 0 Å². The lowest BCUT2D eigenvalue weighted by Crippen LogP contribution is -2.28. The Bertz CT molecular complexity index is 8790. The van der Waals surface area contributed by atoms with Gasteiger partial charge in [-0.3, -0.25) is 0 Å². The molecule has 0 fully saturated rings. The molecule has 0 atom stereocenters. The molecule has 0 saturated heterocycles. The molecule has 2 aromatic heterocycles. The van der Waals surface area contributed by atoms with Gasteiger partial charge in [-0.2, -0.15) is 0 Å². The predicted molar refractivity (Wildman–Crippen MR) is 586 cm³/mol. The molecule has 2 heterocycles. The number of rotatable bonds is 15. The molecule has 4 aliphatic rings. The molecule has 21 aromatic carbocycles. The van der Waals surface area contributed by atoms with Crippen LogP contribution in [0, 0.1) is 0 Å². The van der Waals surface area contributed by atoms with Gasteiger partial charge >= 0.3 is 0 Å². The first-order valence-electron chi connectivity index (χ1n) is 49.0. The first-order valence-corrected chi connectivity index (χ1v) is 49.0. The molecule has 0 saturated carbocycles. The summed E-state index contributed by atoms with van der Waals surface area (Å²) in [7, 11) is 0. The summed E-state index contributed by atoms with van der Waals surface area (Å²) in [6, 6.07) is 181. The summed E-state index contributed by atoms with van der Waals surface area (Å²) in [6.07, 6.45) is 0. The van der Waals surface area contributed by atoms with Crippen LogP contribution in [0.5, 0.6) is 0 Å². The minimum Gasteiger partial charge on any atom is -0.455 e. The highest BCUT2D eigenvalue weighted by Gasteiger charge is 2.49. The van der Waals surface area contributed by atoms with E-state index in [2.05, 4.69) is 541 Å². The number of nitrogens with zero attached hydrogens (tertiary/aromatic N) is 3. The van der Waals surface area contributed by atoms with Gasteiger partial charge in [0.25, 0.3) is 0 Å². The summed E-state index contributed by atoms with van der Waals surface area (Å²) in [5.41, 5.74) is 49.3. The molecule has 0 bridgehead atoms. The lowest BCUT2D eigenvalue weighted by molar-refractivity contribution is 0.660. The molecule has 0 amide bonds. The van der Waals surface area contributed by atoms with Gasteiger partial charge in [0.2, 0.25) is 0 Å². The molecule has 664 valence electrons. The van der Waals surface area contributed by atoms with Crippen molar-refractivity contribution in [2.75, 3.05) is 9.80 Å². The minimum absolute atomic E-state index is 0.122. The van der Waals surface area contributed by atoms with Gasteiger partial charge in [0.1, 0.15) is 11.2 Å². The van der Waals surface area contributed by atoms with Crippen LogP contribution in [0.4, 0.5) is 34.1 Å². The molecule has 0 spiro atoms. The number of hydrogen-bond donors (Lipinski definition) is 0. The largest absolute Gasteiger partial charge is 0.455 e. The first-order chi connectivity index (χ1) is 68.7. The van der Waals surface area contributed by atoms with Crippen LogP contribution in [-0.2, 0) is 21.7 Å². The number of hydrogen-bond acceptors (Lipinski definition) is 3. The molecular weight excluding hydrogens is 1690 g/mol. The Labute approximate surface area is 818 Å². The molecule has 27 rings (SSSR count). The van der Waals surface area contributed by atoms with Crippen LogP contribution in [0.3, 0.4) is 0 Å². The van der Waals surface area contributed by atoms with Gasteiger partial charge in [0.05, 0.1) is 22.1 Å². The third kappa shape index (κ3) is 13.0. The van der Waals surface area contributed by atoms with Crippen LogP contribution in [0.25, 0.3) is 161 Å². The highest BCUT2D eigenvalue weighted by Crippen LogP contribution is 2.63. The van der Waals surface area contributed by atoms with Gasteiger partial charge in [-0.1, -0.05) is 430 Å². The number of furan rings is 1. The van der Waals surface area contributed by atoms with E-state index in [1.165, 1.54) is 183 Å². The Morgan fingerprint density at radius 3 is 1.16 bits per heavy atom. The molecule has 4 nitrogen and oxygen atoms in total. The number of anilines is 6. The van der Waals surface area contributed by atoms with Crippen LogP contribution in [-0.4, -0.2) is 4.57 Å². The van der Waals surface area contributed by atoms with Gasteiger partial charge < -0.3 is 18.8 Å². The topological polar surface area (TPSA) is 24.6 Å². The molecule has 0 aliphatic heterocycles. The second-order valence-electron chi connectivity index (χ2n) is 39.6. The van der Waals surface area contributed by atoms with Crippen molar-refractivity contribution in [3.05, 3.63) is 547 Å². The van der Waals surface area contributed by atoms with E-state index >= 15 is 0 Å². The van der Waals surface area contributed by atoms with Crippen molar-refractivity contribution >= 4 is 77.9 Å². The van der Waals surface area contributed by atoms with Gasteiger partial charge in [0, 0.05) is 83.0 Å². The van der Waals surface area contributed by atoms with E-state index < -0.39 is 5.41 Å². The fraction of sp³-hybridized carbons (Fsp3) is 0.0735. The molecule has 140 heavy (non-hydrogen) atoms. The normalized spacial score (nSPS) is 13.7. The first kappa shape index (κ1) is 83.4. The molecule has 0 radical (unpaired) electrons. The van der Waals surface area contributed by atoms with E-state index in [-0.39, 0.29) is 16.2 Å². The zero-order valence-electron chi connectivity index (χ0n) is 79.0. The molecule has 4 aliphatic carbocycles. The summed E-state index contributed by atoms with van der Waals surface area (Å²) < 4.78 is 8.87. The van der Waals surface area contributed by atoms with E-state index in [1.807, 2.05) is 6.07 Å². The van der Waals surface area contributed by atoms with E-state index in [0.717, 1.165) is 67.2 Å². The molecule has 23 aromatic rings. The van der Waals surface area contributed by atoms with Crippen molar-refractivity contribution in [3.63, 3.8) is 0 Å². The second-order valence-corrected chi connectivity index (χ2v) is 39.6. The number of fused-ring (bicyclic) bond motifs is 18. The Kier molecular flexibility index (Phi) is 19.5. The Hall–Kier alpha value is -17.2. The third-order valence-corrected chi connectivity index (χ3v) is 31.0. The number of benzene rings is 21. The van der Waals surface area contributed by atoms with Crippen molar-refractivity contribution in [2.24, 2.45) is 0 Å². The van der Waals surface area contributed by atoms with Crippen molar-refractivity contribution in [1.82, 2.24) is 4.57 Å². The van der Waals surface area contributed by atoms with Crippen LogP contribution in [0.1, 0.15) is 97.2 Å². The zero-order valence-corrected chi connectivity index (χ0v) is 79.0. The Morgan fingerprint density at radius 1 is 0.207 bits per heavy atom. The number of para-hydroxylation sites is 4. The lowest BCUT2D eigenvalue weighted by atomic mass is 9.68. The quantitative estimate of drug-likeness (QED) is 0.102. The minimum atomic E-state index is -0.527. The van der Waals surface area contributed by atoms with Crippen LogP contribution >= 0.6 is 0 Å². The van der Waals surface area contributed by atoms with E-state index in [4.69, 9.17) is 4.42 Å². The second kappa shape index (κ2) is 32.8. The maximum absolute atomic E-state index is 6.47. The van der Waals surface area contributed by atoms with Gasteiger partial charge in [0.15, 0.2) is 0 Å². The van der Waals surface area contributed by atoms with Crippen molar-refractivity contribution in [3.8, 4) is 117 Å². The van der Waals surface area contributed by atoms with E-state index in [0.29, 0.717) is 0 Å². The maximum atomic E-state index is 6.47. The molecular formula is C136H99N3O. The molecule has 0 unspecified atom stereocenters. The van der Waals surface area contributed by atoms with Crippen LogP contribution < -0.4 is 9.80 Å². The van der Waals surface area contributed by atoms with Gasteiger partial charge in [-0.15, -0.1) is 0 Å². The summed E-state index contributed by atoms with van der Waals surface area (Å²) in [6.45, 7) is 14.3. The predicted octanol–water partition coefficient (Wildman–Crippen LogP) is 36.6. The Morgan fingerprint density at radius 2 is 0.579 bits per heavy atom. The third-order valence-electron chi connectivity index (χ3n) is 31.0. The SMILES string of the molecule is CC1(C)c2ccccc2-c2c(-c3ccc4c(c3)c3ccccc3n4-c3ccccc3)ccc(-c3ccc(N(c4ccc(-c5ccccc5)cc4)c4cccc5c4-c4ccccc4C5(c4ccccc4)c4ccccc4)cc3)c21.CC1(C)c2ccccc2-c2ccc(N(c3ccc(-c4ccc(-c5ccccc5)c5c4C(C)(C)c4ccccc4-5)cc3)c3ccc(-c4cccc5c4oc4ccccc45)cc3)cc21. The van der Waals surface area contributed by atoms with Crippen LogP contribution in [0.2, 0.25) is 0 Å². The molecule has 4 heteroatoms. The highest BCUT2D eigenvalue weighted by molar-refractivity contribution is 6.13. The lowest BCUT2D eigenvalue weighted by Gasteiger charge is -2.34. The van der Waals surface area contributed by atoms with Crippen molar-refractivity contribution < 1.29 is 4.42 Å². The summed E-state index contributed by atoms with van der Waals surface area (Å²) in [4.78, 5) is 4.90. The zero-order chi connectivity index (χ0) is 93.7. The van der Waals surface area contributed by atoms with Gasteiger partial charge in [-0.25, -0.2) is 0 Å². The van der Waals surface area contributed by atoms with E-state index in [1.54, 1.807) is 0 Å². The summed E-state index contributed by atoms with van der Waals surface area (Å²) in [5, 5.41) is 4.79.